The largest absolute Gasteiger partial charge is 0.315 e. The van der Waals surface area contributed by atoms with Crippen molar-refractivity contribution in [3.63, 3.8) is 0 Å². The molecule has 0 bridgehead atoms. The van der Waals surface area contributed by atoms with Crippen molar-refractivity contribution in [2.75, 3.05) is 27.7 Å². The summed E-state index contributed by atoms with van der Waals surface area (Å²) in [5, 5.41) is 5.22. The highest BCUT2D eigenvalue weighted by Crippen LogP contribution is 2.21. The summed E-state index contributed by atoms with van der Waals surface area (Å²) in [6.45, 7) is 19.8. The molecule has 0 amide bonds. The summed E-state index contributed by atoms with van der Waals surface area (Å²) in [6, 6.07) is 0.869. The molecule has 0 aromatic heterocycles. The van der Waals surface area contributed by atoms with Crippen molar-refractivity contribution in [3.05, 3.63) is 0 Å². The standard InChI is InChI=1S/C12H29N3OS.2C2H6.H2S/c1-10(2)15(8)17-16-14(7)9-11(13-6)12(3,4)5;2*1-2;/h10-11,13H,9H2,1-8H3;2*1-2H3;1H2. The number of hydroxylamine groups is 2. The highest BCUT2D eigenvalue weighted by molar-refractivity contribution is 7.92. The highest BCUT2D eigenvalue weighted by Gasteiger charge is 2.24. The lowest BCUT2D eigenvalue weighted by molar-refractivity contribution is -0.0316. The van der Waals surface area contributed by atoms with Gasteiger partial charge in [-0.05, 0) is 33.4 Å². The first-order valence-corrected chi connectivity index (χ1v) is 8.84. The molecule has 0 rings (SSSR count). The fraction of sp³-hybridized carbons (Fsp3) is 1.00. The Labute approximate surface area is 152 Å². The maximum Gasteiger partial charge on any atom is 0.105 e. The van der Waals surface area contributed by atoms with E-state index >= 15 is 0 Å². The molecule has 4 nitrogen and oxygen atoms in total. The third kappa shape index (κ3) is 16.9. The van der Waals surface area contributed by atoms with E-state index in [9.17, 15) is 0 Å². The van der Waals surface area contributed by atoms with E-state index < -0.39 is 0 Å². The van der Waals surface area contributed by atoms with Crippen LogP contribution in [0.1, 0.15) is 62.3 Å². The maximum absolute atomic E-state index is 5.63. The molecule has 1 N–H and O–H groups in total. The number of rotatable bonds is 7. The number of nitrogens with zero attached hydrogens (tertiary/aromatic N) is 2. The second-order valence-corrected chi connectivity index (χ2v) is 6.68. The molecule has 0 saturated heterocycles. The zero-order valence-corrected chi connectivity index (χ0v) is 18.9. The van der Waals surface area contributed by atoms with E-state index in [1.807, 2.05) is 53.9 Å². The monoisotopic (exact) mass is 357 g/mol. The normalized spacial score (nSPS) is 12.1. The molecular formula is C16H43N3OS2. The van der Waals surface area contributed by atoms with Gasteiger partial charge in [0.05, 0.1) is 0 Å². The van der Waals surface area contributed by atoms with Crippen LogP contribution in [0.2, 0.25) is 0 Å². The molecule has 140 valence electrons. The average molecular weight is 358 g/mol. The Kier molecular flexibility index (Phi) is 24.7. The fourth-order valence-corrected chi connectivity index (χ4v) is 1.73. The molecule has 22 heavy (non-hydrogen) atoms. The Morgan fingerprint density at radius 2 is 1.45 bits per heavy atom. The van der Waals surface area contributed by atoms with Crippen molar-refractivity contribution in [1.29, 1.82) is 0 Å². The van der Waals surface area contributed by atoms with Crippen molar-refractivity contribution >= 4 is 25.7 Å². The van der Waals surface area contributed by atoms with Gasteiger partial charge in [0.2, 0.25) is 0 Å². The van der Waals surface area contributed by atoms with Crippen molar-refractivity contribution in [2.45, 2.75) is 74.4 Å². The van der Waals surface area contributed by atoms with E-state index in [4.69, 9.17) is 4.28 Å². The van der Waals surface area contributed by atoms with Gasteiger partial charge in [-0.2, -0.15) is 18.6 Å². The van der Waals surface area contributed by atoms with Gasteiger partial charge in [-0.15, -0.1) is 0 Å². The van der Waals surface area contributed by atoms with Gasteiger partial charge in [-0.3, -0.25) is 0 Å². The fourth-order valence-electron chi connectivity index (χ4n) is 1.28. The topological polar surface area (TPSA) is 27.7 Å². The summed E-state index contributed by atoms with van der Waals surface area (Å²) in [6.07, 6.45) is 0. The molecule has 0 aromatic rings. The molecule has 1 unspecified atom stereocenters. The van der Waals surface area contributed by atoms with Gasteiger partial charge in [0, 0.05) is 25.7 Å². The van der Waals surface area contributed by atoms with Crippen LogP contribution in [-0.4, -0.2) is 49.1 Å². The smallest absolute Gasteiger partial charge is 0.105 e. The average Bonchev–Trinajstić information content (AvgIpc) is 2.45. The van der Waals surface area contributed by atoms with Crippen molar-refractivity contribution in [1.82, 2.24) is 14.7 Å². The Bertz CT molecular complexity index is 212. The first-order valence-electron chi connectivity index (χ1n) is 8.14. The molecule has 0 aliphatic carbocycles. The van der Waals surface area contributed by atoms with E-state index in [-0.39, 0.29) is 18.9 Å². The maximum atomic E-state index is 5.63. The van der Waals surface area contributed by atoms with Gasteiger partial charge < -0.3 is 5.32 Å². The van der Waals surface area contributed by atoms with Crippen LogP contribution in [0.3, 0.4) is 0 Å². The van der Waals surface area contributed by atoms with Gasteiger partial charge in [-0.25, -0.2) is 8.59 Å². The van der Waals surface area contributed by atoms with Crippen LogP contribution in [0.5, 0.6) is 0 Å². The van der Waals surface area contributed by atoms with Gasteiger partial charge in [0.1, 0.15) is 12.2 Å². The van der Waals surface area contributed by atoms with Crippen molar-refractivity contribution < 1.29 is 4.28 Å². The van der Waals surface area contributed by atoms with Gasteiger partial charge in [0.25, 0.3) is 0 Å². The minimum Gasteiger partial charge on any atom is -0.315 e. The molecule has 1 atom stereocenters. The molecule has 0 aliphatic rings. The molecule has 0 aliphatic heterocycles. The molecule has 6 heteroatoms. The van der Waals surface area contributed by atoms with E-state index in [1.165, 1.54) is 12.2 Å². The van der Waals surface area contributed by atoms with Crippen LogP contribution in [-0.2, 0) is 4.28 Å². The molecule has 0 fully saturated rings. The predicted molar refractivity (Wildman–Crippen MR) is 110 cm³/mol. The molecule has 0 saturated carbocycles. The van der Waals surface area contributed by atoms with Crippen LogP contribution in [0.15, 0.2) is 0 Å². The third-order valence-corrected chi connectivity index (χ3v) is 3.82. The van der Waals surface area contributed by atoms with Crippen LogP contribution >= 0.6 is 25.7 Å². The van der Waals surface area contributed by atoms with Crippen molar-refractivity contribution in [2.24, 2.45) is 5.41 Å². The van der Waals surface area contributed by atoms with Gasteiger partial charge >= 0.3 is 0 Å². The third-order valence-electron chi connectivity index (χ3n) is 2.84. The minimum atomic E-state index is 0. The lowest BCUT2D eigenvalue weighted by Crippen LogP contribution is -2.45. The van der Waals surface area contributed by atoms with Crippen LogP contribution in [0, 0.1) is 5.41 Å². The summed E-state index contributed by atoms with van der Waals surface area (Å²) in [5.41, 5.74) is 0.223. The van der Waals surface area contributed by atoms with Gasteiger partial charge in [0.15, 0.2) is 0 Å². The molecular weight excluding hydrogens is 314 g/mol. The quantitative estimate of drug-likeness (QED) is 0.410. The van der Waals surface area contributed by atoms with Crippen LogP contribution in [0.4, 0.5) is 0 Å². The Hall–Kier alpha value is 0.540. The van der Waals surface area contributed by atoms with E-state index in [2.05, 4.69) is 44.2 Å². The molecule has 0 heterocycles. The Morgan fingerprint density at radius 3 is 1.73 bits per heavy atom. The van der Waals surface area contributed by atoms with Crippen molar-refractivity contribution in [3.8, 4) is 0 Å². The number of likely N-dealkylation sites (N-methyl/N-ethyl adjacent to an activating group) is 2. The summed E-state index contributed by atoms with van der Waals surface area (Å²) < 4.78 is 7.71. The highest BCUT2D eigenvalue weighted by atomic mass is 32.2. The Balaban J connectivity index is -0.000000297. The Morgan fingerprint density at radius 1 is 1.05 bits per heavy atom. The second kappa shape index (κ2) is 17.9. The minimum absolute atomic E-state index is 0. The zero-order chi connectivity index (χ0) is 17.6. The molecule has 0 spiro atoms. The van der Waals surface area contributed by atoms with E-state index in [0.29, 0.717) is 12.1 Å². The summed E-state index contributed by atoms with van der Waals surface area (Å²) >= 11 is 1.39. The SMILES string of the molecule is CC.CC.CNC(CN(C)OSN(C)C(C)C)C(C)(C)C.S. The molecule has 0 radical (unpaired) electrons. The lowest BCUT2D eigenvalue weighted by atomic mass is 9.87. The number of hydrogen-bond donors (Lipinski definition) is 1. The first-order chi connectivity index (χ1) is 9.68. The van der Waals surface area contributed by atoms with Gasteiger partial charge in [-0.1, -0.05) is 48.5 Å². The van der Waals surface area contributed by atoms with E-state index in [1.54, 1.807) is 0 Å². The lowest BCUT2D eigenvalue weighted by Gasteiger charge is -2.33. The van der Waals surface area contributed by atoms with E-state index in [0.717, 1.165) is 6.54 Å². The molecule has 0 aromatic carbocycles. The predicted octanol–water partition coefficient (Wildman–Crippen LogP) is 4.55. The number of hydrogen-bond acceptors (Lipinski definition) is 5. The number of nitrogens with one attached hydrogen (secondary N) is 1. The van der Waals surface area contributed by atoms with Crippen LogP contribution in [0.25, 0.3) is 0 Å². The zero-order valence-electron chi connectivity index (χ0n) is 17.1. The summed E-state index contributed by atoms with van der Waals surface area (Å²) in [7, 11) is 6.00. The van der Waals surface area contributed by atoms with Crippen LogP contribution < -0.4 is 5.32 Å². The summed E-state index contributed by atoms with van der Waals surface area (Å²) in [4.78, 5) is 0. The summed E-state index contributed by atoms with van der Waals surface area (Å²) in [5.74, 6) is 0. The first kappa shape index (κ1) is 30.4. The second-order valence-electron chi connectivity index (χ2n) is 5.81.